The molecule has 16 heavy (non-hydrogen) atoms. The van der Waals surface area contributed by atoms with Crippen LogP contribution >= 0.6 is 0 Å². The van der Waals surface area contributed by atoms with Crippen molar-refractivity contribution >= 4 is 17.1 Å². The Labute approximate surface area is 92.6 Å². The van der Waals surface area contributed by atoms with E-state index in [0.717, 1.165) is 17.3 Å². The first kappa shape index (κ1) is 10.6. The summed E-state index contributed by atoms with van der Waals surface area (Å²) in [5.74, 6) is -0.723. The lowest BCUT2D eigenvalue weighted by Crippen LogP contribution is -2.19. The van der Waals surface area contributed by atoms with Crippen molar-refractivity contribution in [2.45, 2.75) is 13.3 Å². The Morgan fingerprint density at radius 2 is 2.12 bits per heavy atom. The number of halogens is 1. The van der Waals surface area contributed by atoms with Crippen molar-refractivity contribution in [3.8, 4) is 0 Å². The van der Waals surface area contributed by atoms with Gasteiger partial charge < -0.3 is 0 Å². The van der Waals surface area contributed by atoms with Crippen LogP contribution < -0.4 is 5.56 Å². The van der Waals surface area contributed by atoms with Gasteiger partial charge in [-0.25, -0.2) is 4.39 Å². The highest BCUT2D eigenvalue weighted by atomic mass is 19.1. The van der Waals surface area contributed by atoms with Crippen LogP contribution in [0.4, 0.5) is 4.39 Å². The van der Waals surface area contributed by atoms with E-state index in [-0.39, 0.29) is 0 Å². The lowest BCUT2D eigenvalue weighted by atomic mass is 10.2. The Bertz CT molecular complexity index is 598. The first-order chi connectivity index (χ1) is 7.74. The minimum atomic E-state index is -0.723. The summed E-state index contributed by atoms with van der Waals surface area (Å²) >= 11 is 0. The number of fused-ring (bicyclic) bond motifs is 1. The summed E-state index contributed by atoms with van der Waals surface area (Å²) in [5.41, 5.74) is 0.113. The van der Waals surface area contributed by atoms with Crippen LogP contribution in [0.25, 0.3) is 17.1 Å². The molecule has 82 valence electrons. The highest BCUT2D eigenvalue weighted by Gasteiger charge is 2.05. The van der Waals surface area contributed by atoms with Gasteiger partial charge in [0.1, 0.15) is 0 Å². The second-order valence-electron chi connectivity index (χ2n) is 3.52. The largest absolute Gasteiger partial charge is 0.291 e. The Morgan fingerprint density at radius 3 is 2.88 bits per heavy atom. The number of benzene rings is 1. The van der Waals surface area contributed by atoms with Crippen LogP contribution in [0.1, 0.15) is 13.3 Å². The zero-order valence-corrected chi connectivity index (χ0v) is 8.98. The molecule has 0 saturated heterocycles. The standard InChI is InChI=1S/C13H12FNO/c1-2-3-8-15-12-7-5-4-6-10(12)9-11(14)13(15)16/h3-9H,2H2,1H3/b8-3+. The predicted molar refractivity (Wildman–Crippen MR) is 63.8 cm³/mol. The summed E-state index contributed by atoms with van der Waals surface area (Å²) in [6.07, 6.45) is 4.25. The maximum absolute atomic E-state index is 13.4. The number of hydrogen-bond acceptors (Lipinski definition) is 1. The number of nitrogens with zero attached hydrogens (tertiary/aromatic N) is 1. The maximum Gasteiger partial charge on any atom is 0.291 e. The first-order valence-electron chi connectivity index (χ1n) is 5.20. The van der Waals surface area contributed by atoms with E-state index in [1.54, 1.807) is 18.3 Å². The molecular formula is C13H12FNO. The first-order valence-corrected chi connectivity index (χ1v) is 5.20. The molecule has 1 aromatic heterocycles. The van der Waals surface area contributed by atoms with E-state index in [2.05, 4.69) is 0 Å². The zero-order valence-electron chi connectivity index (χ0n) is 8.98. The molecule has 0 atom stereocenters. The van der Waals surface area contributed by atoms with Gasteiger partial charge in [-0.1, -0.05) is 31.2 Å². The number of aromatic nitrogens is 1. The van der Waals surface area contributed by atoms with Gasteiger partial charge in [-0.15, -0.1) is 0 Å². The number of hydrogen-bond donors (Lipinski definition) is 0. The molecule has 2 aromatic rings. The topological polar surface area (TPSA) is 22.0 Å². The summed E-state index contributed by atoms with van der Waals surface area (Å²) < 4.78 is 14.7. The normalized spacial score (nSPS) is 11.4. The molecule has 0 bridgehead atoms. The molecule has 3 heteroatoms. The van der Waals surface area contributed by atoms with Crippen molar-refractivity contribution in [2.24, 2.45) is 0 Å². The Morgan fingerprint density at radius 1 is 1.38 bits per heavy atom. The summed E-state index contributed by atoms with van der Waals surface area (Å²) in [7, 11) is 0. The third kappa shape index (κ3) is 1.76. The molecule has 0 aliphatic heterocycles. The fraction of sp³-hybridized carbons (Fsp3) is 0.154. The molecular weight excluding hydrogens is 205 g/mol. The van der Waals surface area contributed by atoms with Gasteiger partial charge in [-0.05, 0) is 18.6 Å². The molecule has 2 nitrogen and oxygen atoms in total. The summed E-state index contributed by atoms with van der Waals surface area (Å²) in [6.45, 7) is 1.96. The van der Waals surface area contributed by atoms with Crippen molar-refractivity contribution in [2.75, 3.05) is 0 Å². The fourth-order valence-corrected chi connectivity index (χ4v) is 1.61. The van der Waals surface area contributed by atoms with Gasteiger partial charge >= 0.3 is 0 Å². The Balaban J connectivity index is 2.82. The van der Waals surface area contributed by atoms with Crippen LogP contribution in [0.2, 0.25) is 0 Å². The Hall–Kier alpha value is -1.90. The van der Waals surface area contributed by atoms with E-state index in [1.807, 2.05) is 25.1 Å². The summed E-state index contributed by atoms with van der Waals surface area (Å²) in [5, 5.41) is 0.723. The number of para-hydroxylation sites is 1. The average molecular weight is 217 g/mol. The Kier molecular flexibility index (Phi) is 2.86. The van der Waals surface area contributed by atoms with Gasteiger partial charge in [-0.2, -0.15) is 0 Å². The third-order valence-corrected chi connectivity index (χ3v) is 2.39. The molecule has 0 spiro atoms. The van der Waals surface area contributed by atoms with Gasteiger partial charge in [0, 0.05) is 11.6 Å². The van der Waals surface area contributed by atoms with Gasteiger partial charge in [-0.3, -0.25) is 9.36 Å². The molecule has 0 amide bonds. The zero-order chi connectivity index (χ0) is 11.5. The van der Waals surface area contributed by atoms with E-state index < -0.39 is 11.4 Å². The smallest absolute Gasteiger partial charge is 0.282 e. The quantitative estimate of drug-likeness (QED) is 0.757. The van der Waals surface area contributed by atoms with E-state index in [0.29, 0.717) is 0 Å². The van der Waals surface area contributed by atoms with Gasteiger partial charge in [0.05, 0.1) is 5.52 Å². The van der Waals surface area contributed by atoms with Crippen LogP contribution in [0.15, 0.2) is 41.2 Å². The molecule has 2 rings (SSSR count). The number of rotatable bonds is 2. The molecule has 1 aromatic carbocycles. The molecule has 0 radical (unpaired) electrons. The molecule has 0 saturated carbocycles. The van der Waals surface area contributed by atoms with Crippen molar-refractivity contribution in [1.82, 2.24) is 4.57 Å². The summed E-state index contributed by atoms with van der Waals surface area (Å²) in [6, 6.07) is 8.51. The van der Waals surface area contributed by atoms with Crippen LogP contribution in [-0.2, 0) is 0 Å². The maximum atomic E-state index is 13.4. The molecule has 0 N–H and O–H groups in total. The molecule has 0 aliphatic rings. The van der Waals surface area contributed by atoms with E-state index >= 15 is 0 Å². The van der Waals surface area contributed by atoms with Crippen LogP contribution in [-0.4, -0.2) is 4.57 Å². The van der Waals surface area contributed by atoms with Crippen molar-refractivity contribution in [3.63, 3.8) is 0 Å². The summed E-state index contributed by atoms with van der Waals surface area (Å²) in [4.78, 5) is 11.6. The number of allylic oxidation sites excluding steroid dienone is 1. The minimum absolute atomic E-state index is 0.608. The predicted octanol–water partition coefficient (Wildman–Crippen LogP) is 3.02. The van der Waals surface area contributed by atoms with Crippen molar-refractivity contribution in [3.05, 3.63) is 52.6 Å². The van der Waals surface area contributed by atoms with E-state index in [4.69, 9.17) is 0 Å². The average Bonchev–Trinajstić information content (AvgIpc) is 2.30. The second kappa shape index (κ2) is 4.31. The lowest BCUT2D eigenvalue weighted by molar-refractivity contribution is 0.606. The van der Waals surface area contributed by atoms with Crippen molar-refractivity contribution < 1.29 is 4.39 Å². The fourth-order valence-electron chi connectivity index (χ4n) is 1.61. The second-order valence-corrected chi connectivity index (χ2v) is 3.52. The van der Waals surface area contributed by atoms with E-state index in [9.17, 15) is 9.18 Å². The highest BCUT2D eigenvalue weighted by molar-refractivity contribution is 5.80. The molecule has 0 fully saturated rings. The van der Waals surface area contributed by atoms with E-state index in [1.165, 1.54) is 10.6 Å². The molecule has 1 heterocycles. The van der Waals surface area contributed by atoms with Crippen LogP contribution in [0, 0.1) is 5.82 Å². The van der Waals surface area contributed by atoms with Crippen molar-refractivity contribution in [1.29, 1.82) is 0 Å². The monoisotopic (exact) mass is 217 g/mol. The lowest BCUT2D eigenvalue weighted by Gasteiger charge is -2.05. The third-order valence-electron chi connectivity index (χ3n) is 2.39. The van der Waals surface area contributed by atoms with Gasteiger partial charge in [0.15, 0.2) is 5.82 Å². The molecule has 0 aliphatic carbocycles. The number of pyridine rings is 1. The highest BCUT2D eigenvalue weighted by Crippen LogP contribution is 2.12. The SMILES string of the molecule is CC/C=C/n1c(=O)c(F)cc2ccccc21. The van der Waals surface area contributed by atoms with Crippen LogP contribution in [0.5, 0.6) is 0 Å². The molecule has 0 unspecified atom stereocenters. The van der Waals surface area contributed by atoms with Crippen LogP contribution in [0.3, 0.4) is 0 Å². The van der Waals surface area contributed by atoms with Gasteiger partial charge in [0.25, 0.3) is 5.56 Å². The van der Waals surface area contributed by atoms with Gasteiger partial charge in [0.2, 0.25) is 0 Å². The minimum Gasteiger partial charge on any atom is -0.282 e.